The van der Waals surface area contributed by atoms with Crippen LogP contribution in [0.5, 0.6) is 0 Å². The molecule has 0 bridgehead atoms. The van der Waals surface area contributed by atoms with Gasteiger partial charge in [-0.2, -0.15) is 5.10 Å². The number of hydrogen-bond donors (Lipinski definition) is 1. The number of nitrogens with zero attached hydrogens (tertiary/aromatic N) is 3. The third kappa shape index (κ3) is 2.48. The number of anilines is 2. The molecule has 0 aliphatic carbocycles. The summed E-state index contributed by atoms with van der Waals surface area (Å²) in [5, 5.41) is 18.1. The highest BCUT2D eigenvalue weighted by Gasteiger charge is 2.13. The van der Waals surface area contributed by atoms with E-state index in [4.69, 9.17) is 0 Å². The van der Waals surface area contributed by atoms with Gasteiger partial charge in [-0.1, -0.05) is 6.07 Å². The molecular weight excluding hydrogens is 232 g/mol. The molecule has 1 N–H and O–H groups in total. The average Bonchev–Trinajstić information content (AvgIpc) is 2.76. The Morgan fingerprint density at radius 2 is 2.28 bits per heavy atom. The zero-order valence-electron chi connectivity index (χ0n) is 10.3. The molecule has 0 aliphatic heterocycles. The van der Waals surface area contributed by atoms with E-state index >= 15 is 0 Å². The number of benzene rings is 1. The Bertz CT molecular complexity index is 577. The van der Waals surface area contributed by atoms with Crippen molar-refractivity contribution in [3.8, 4) is 0 Å². The second-order valence-corrected chi connectivity index (χ2v) is 3.99. The molecule has 1 aromatic carbocycles. The first-order chi connectivity index (χ1) is 8.60. The molecule has 1 heterocycles. The van der Waals surface area contributed by atoms with Crippen LogP contribution in [-0.2, 0) is 6.54 Å². The van der Waals surface area contributed by atoms with Crippen LogP contribution in [0.15, 0.2) is 30.6 Å². The molecule has 0 atom stereocenters. The first kappa shape index (κ1) is 12.1. The Labute approximate surface area is 104 Å². The van der Waals surface area contributed by atoms with E-state index in [0.717, 1.165) is 17.8 Å². The van der Waals surface area contributed by atoms with Gasteiger partial charge < -0.3 is 5.32 Å². The molecule has 2 aromatic rings. The summed E-state index contributed by atoms with van der Waals surface area (Å²) in [6.07, 6.45) is 3.46. The average molecular weight is 246 g/mol. The highest BCUT2D eigenvalue weighted by atomic mass is 16.6. The third-order valence-corrected chi connectivity index (χ3v) is 2.58. The highest BCUT2D eigenvalue weighted by molar-refractivity contribution is 5.69. The van der Waals surface area contributed by atoms with Crippen LogP contribution in [0.4, 0.5) is 17.1 Å². The molecule has 0 spiro atoms. The number of hydrogen-bond acceptors (Lipinski definition) is 4. The van der Waals surface area contributed by atoms with E-state index in [-0.39, 0.29) is 5.69 Å². The predicted octanol–water partition coefficient (Wildman–Crippen LogP) is 2.86. The molecule has 0 unspecified atom stereocenters. The van der Waals surface area contributed by atoms with Crippen LogP contribution in [0.1, 0.15) is 12.5 Å². The quantitative estimate of drug-likeness (QED) is 0.665. The fourth-order valence-electron chi connectivity index (χ4n) is 1.67. The van der Waals surface area contributed by atoms with Crippen LogP contribution in [-0.4, -0.2) is 14.7 Å². The van der Waals surface area contributed by atoms with E-state index in [1.165, 1.54) is 6.07 Å². The molecule has 18 heavy (non-hydrogen) atoms. The standard InChI is InChI=1S/C12H14N4O2/c1-3-15-8-10(7-13-15)14-11-6-9(2)4-5-12(11)16(17)18/h4-8,14H,3H2,1-2H3. The maximum absolute atomic E-state index is 10.9. The number of nitro benzene ring substituents is 1. The lowest BCUT2D eigenvalue weighted by Gasteiger charge is -2.05. The summed E-state index contributed by atoms with van der Waals surface area (Å²) < 4.78 is 1.75. The highest BCUT2D eigenvalue weighted by Crippen LogP contribution is 2.28. The molecule has 0 saturated carbocycles. The predicted molar refractivity (Wildman–Crippen MR) is 69.0 cm³/mol. The second kappa shape index (κ2) is 4.87. The van der Waals surface area contributed by atoms with Crippen molar-refractivity contribution in [1.82, 2.24) is 9.78 Å². The molecule has 6 heteroatoms. The molecule has 2 rings (SSSR count). The third-order valence-electron chi connectivity index (χ3n) is 2.58. The smallest absolute Gasteiger partial charge is 0.292 e. The van der Waals surface area contributed by atoms with Gasteiger partial charge in [0.25, 0.3) is 5.69 Å². The van der Waals surface area contributed by atoms with Crippen molar-refractivity contribution in [2.75, 3.05) is 5.32 Å². The van der Waals surface area contributed by atoms with Gasteiger partial charge in [0.15, 0.2) is 0 Å². The minimum Gasteiger partial charge on any atom is -0.347 e. The van der Waals surface area contributed by atoms with E-state index in [0.29, 0.717) is 5.69 Å². The fourth-order valence-corrected chi connectivity index (χ4v) is 1.67. The van der Waals surface area contributed by atoms with Crippen molar-refractivity contribution < 1.29 is 4.92 Å². The summed E-state index contributed by atoms with van der Waals surface area (Å²) in [7, 11) is 0. The molecule has 0 saturated heterocycles. The van der Waals surface area contributed by atoms with E-state index in [9.17, 15) is 10.1 Å². The van der Waals surface area contributed by atoms with Crippen molar-refractivity contribution in [3.05, 3.63) is 46.3 Å². The van der Waals surface area contributed by atoms with Gasteiger partial charge in [-0.25, -0.2) is 0 Å². The van der Waals surface area contributed by atoms with Crippen LogP contribution in [0.25, 0.3) is 0 Å². The molecule has 0 radical (unpaired) electrons. The normalized spacial score (nSPS) is 10.3. The van der Waals surface area contributed by atoms with Gasteiger partial charge in [-0.15, -0.1) is 0 Å². The Morgan fingerprint density at radius 3 is 2.89 bits per heavy atom. The number of nitro groups is 1. The molecule has 0 aliphatic rings. The largest absolute Gasteiger partial charge is 0.347 e. The van der Waals surface area contributed by atoms with Gasteiger partial charge >= 0.3 is 0 Å². The molecule has 0 amide bonds. The van der Waals surface area contributed by atoms with Gasteiger partial charge in [-0.3, -0.25) is 14.8 Å². The maximum atomic E-state index is 10.9. The lowest BCUT2D eigenvalue weighted by atomic mass is 10.2. The van der Waals surface area contributed by atoms with Crippen LogP contribution >= 0.6 is 0 Å². The van der Waals surface area contributed by atoms with E-state index in [2.05, 4.69) is 10.4 Å². The summed E-state index contributed by atoms with van der Waals surface area (Å²) in [5.41, 5.74) is 2.25. The minimum atomic E-state index is -0.397. The van der Waals surface area contributed by atoms with Gasteiger partial charge in [-0.05, 0) is 25.5 Å². The number of aromatic nitrogens is 2. The van der Waals surface area contributed by atoms with Crippen molar-refractivity contribution in [1.29, 1.82) is 0 Å². The summed E-state index contributed by atoms with van der Waals surface area (Å²) in [4.78, 5) is 10.5. The van der Waals surface area contributed by atoms with Gasteiger partial charge in [0, 0.05) is 18.8 Å². The zero-order valence-corrected chi connectivity index (χ0v) is 10.3. The molecule has 1 aromatic heterocycles. The van der Waals surface area contributed by atoms with E-state index in [1.807, 2.05) is 20.0 Å². The van der Waals surface area contributed by atoms with Crippen LogP contribution < -0.4 is 5.32 Å². The summed E-state index contributed by atoms with van der Waals surface area (Å²) in [6, 6.07) is 4.97. The summed E-state index contributed by atoms with van der Waals surface area (Å²) in [5.74, 6) is 0. The molecule has 0 fully saturated rings. The SMILES string of the molecule is CCn1cc(Nc2cc(C)ccc2[N+](=O)[O-])cn1. The molecular formula is C12H14N4O2. The lowest BCUT2D eigenvalue weighted by molar-refractivity contribution is -0.383. The lowest BCUT2D eigenvalue weighted by Crippen LogP contribution is -1.97. The number of rotatable bonds is 4. The van der Waals surface area contributed by atoms with Crippen LogP contribution in [0, 0.1) is 17.0 Å². The number of nitrogens with one attached hydrogen (secondary N) is 1. The maximum Gasteiger partial charge on any atom is 0.292 e. The molecule has 6 nitrogen and oxygen atoms in total. The topological polar surface area (TPSA) is 73.0 Å². The Balaban J connectivity index is 2.32. The summed E-state index contributed by atoms with van der Waals surface area (Å²) in [6.45, 7) is 4.63. The van der Waals surface area contributed by atoms with E-state index < -0.39 is 4.92 Å². The second-order valence-electron chi connectivity index (χ2n) is 3.99. The van der Waals surface area contributed by atoms with Crippen LogP contribution in [0.2, 0.25) is 0 Å². The van der Waals surface area contributed by atoms with Crippen molar-refractivity contribution in [2.24, 2.45) is 0 Å². The van der Waals surface area contributed by atoms with Gasteiger partial charge in [0.05, 0.1) is 16.8 Å². The first-order valence-electron chi connectivity index (χ1n) is 5.64. The Kier molecular flexibility index (Phi) is 3.27. The minimum absolute atomic E-state index is 0.0600. The summed E-state index contributed by atoms with van der Waals surface area (Å²) >= 11 is 0. The Hall–Kier alpha value is -2.37. The number of aryl methyl sites for hydroxylation is 2. The van der Waals surface area contributed by atoms with Crippen molar-refractivity contribution in [2.45, 2.75) is 20.4 Å². The zero-order chi connectivity index (χ0) is 13.1. The van der Waals surface area contributed by atoms with Gasteiger partial charge in [0.1, 0.15) is 5.69 Å². The van der Waals surface area contributed by atoms with E-state index in [1.54, 1.807) is 23.0 Å². The fraction of sp³-hybridized carbons (Fsp3) is 0.250. The molecule has 94 valence electrons. The van der Waals surface area contributed by atoms with Crippen molar-refractivity contribution in [3.63, 3.8) is 0 Å². The van der Waals surface area contributed by atoms with Crippen molar-refractivity contribution >= 4 is 17.1 Å². The monoisotopic (exact) mass is 246 g/mol. The Morgan fingerprint density at radius 1 is 1.50 bits per heavy atom. The van der Waals surface area contributed by atoms with Gasteiger partial charge in [0.2, 0.25) is 0 Å². The van der Waals surface area contributed by atoms with Crippen LogP contribution in [0.3, 0.4) is 0 Å². The first-order valence-corrected chi connectivity index (χ1v) is 5.64.